The van der Waals surface area contributed by atoms with Crippen LogP contribution in [0, 0.1) is 5.41 Å². The highest BCUT2D eigenvalue weighted by atomic mass is 32.1. The van der Waals surface area contributed by atoms with Crippen LogP contribution in [0.3, 0.4) is 0 Å². The highest BCUT2D eigenvalue weighted by Gasteiger charge is 2.35. The summed E-state index contributed by atoms with van der Waals surface area (Å²) in [7, 11) is 0. The molecule has 0 saturated carbocycles. The molecule has 4 heteroatoms. The van der Waals surface area contributed by atoms with Crippen molar-refractivity contribution in [2.75, 3.05) is 19.8 Å². The molecule has 3 nitrogen and oxygen atoms in total. The summed E-state index contributed by atoms with van der Waals surface area (Å²) < 4.78 is 5.54. The van der Waals surface area contributed by atoms with Gasteiger partial charge in [0.1, 0.15) is 6.29 Å². The van der Waals surface area contributed by atoms with E-state index in [4.69, 9.17) is 4.74 Å². The summed E-state index contributed by atoms with van der Waals surface area (Å²) in [6.45, 7) is 7.47. The monoisotopic (exact) mass is 281 g/mol. The van der Waals surface area contributed by atoms with Crippen LogP contribution in [0.1, 0.15) is 31.6 Å². The van der Waals surface area contributed by atoms with Crippen molar-refractivity contribution in [3.63, 3.8) is 0 Å². The lowest BCUT2D eigenvalue weighted by Gasteiger charge is -2.38. The maximum atomic E-state index is 11.5. The van der Waals surface area contributed by atoms with Crippen molar-refractivity contribution < 1.29 is 9.53 Å². The first-order valence-electron chi connectivity index (χ1n) is 6.96. The van der Waals surface area contributed by atoms with Gasteiger partial charge in [-0.25, -0.2) is 0 Å². The van der Waals surface area contributed by atoms with Crippen molar-refractivity contribution in [2.45, 2.75) is 39.3 Å². The Hall–Kier alpha value is -0.710. The molecule has 1 aromatic rings. The Kier molecular flexibility index (Phi) is 5.13. The fourth-order valence-corrected chi connectivity index (χ4v) is 3.29. The second-order valence-corrected chi connectivity index (χ2v) is 6.75. The first-order chi connectivity index (χ1) is 9.15. The normalized spacial score (nSPS) is 24.0. The summed E-state index contributed by atoms with van der Waals surface area (Å²) in [5, 5.41) is 2.10. The van der Waals surface area contributed by atoms with E-state index < -0.39 is 0 Å². The molecule has 19 heavy (non-hydrogen) atoms. The third kappa shape index (κ3) is 3.88. The van der Waals surface area contributed by atoms with Gasteiger partial charge in [-0.3, -0.25) is 4.90 Å². The van der Waals surface area contributed by atoms with E-state index in [0.29, 0.717) is 12.6 Å². The minimum atomic E-state index is -0.306. The lowest BCUT2D eigenvalue weighted by atomic mass is 9.83. The first kappa shape index (κ1) is 14.7. The van der Waals surface area contributed by atoms with E-state index in [1.165, 1.54) is 4.88 Å². The fraction of sp³-hybridized carbons (Fsp3) is 0.667. The van der Waals surface area contributed by atoms with Gasteiger partial charge in [-0.15, -0.1) is 11.3 Å². The molecule has 0 aliphatic carbocycles. The average Bonchev–Trinajstić information content (AvgIpc) is 2.92. The van der Waals surface area contributed by atoms with Crippen LogP contribution in [-0.2, 0) is 16.1 Å². The Balaban J connectivity index is 2.04. The number of hydrogen-bond donors (Lipinski definition) is 0. The summed E-state index contributed by atoms with van der Waals surface area (Å²) in [6.07, 6.45) is 3.06. The zero-order chi connectivity index (χ0) is 13.7. The second-order valence-electron chi connectivity index (χ2n) is 5.71. The van der Waals surface area contributed by atoms with E-state index in [2.05, 4.69) is 36.3 Å². The standard InChI is InChI=1S/C15H23NO2S/c1-13(2)16(9-14-5-3-8-19-14)10-15(11-17)6-4-7-18-12-15/h3,5,8,11,13H,4,6-7,9-10,12H2,1-2H3. The van der Waals surface area contributed by atoms with E-state index >= 15 is 0 Å². The molecule has 0 N–H and O–H groups in total. The Morgan fingerprint density at radius 1 is 1.58 bits per heavy atom. The predicted molar refractivity (Wildman–Crippen MR) is 78.4 cm³/mol. The highest BCUT2D eigenvalue weighted by Crippen LogP contribution is 2.29. The summed E-state index contributed by atoms with van der Waals surface area (Å²) >= 11 is 1.78. The van der Waals surface area contributed by atoms with Gasteiger partial charge in [-0.2, -0.15) is 0 Å². The molecule has 1 saturated heterocycles. The second kappa shape index (κ2) is 6.64. The van der Waals surface area contributed by atoms with Crippen LogP contribution < -0.4 is 0 Å². The van der Waals surface area contributed by atoms with Gasteiger partial charge in [0, 0.05) is 30.6 Å². The Morgan fingerprint density at radius 2 is 2.42 bits per heavy atom. The van der Waals surface area contributed by atoms with Crippen LogP contribution >= 0.6 is 11.3 Å². The van der Waals surface area contributed by atoms with Crippen molar-refractivity contribution in [2.24, 2.45) is 5.41 Å². The summed E-state index contributed by atoms with van der Waals surface area (Å²) in [4.78, 5) is 15.3. The SMILES string of the molecule is CC(C)N(Cc1cccs1)CC1(C=O)CCCOC1. The molecular weight excluding hydrogens is 258 g/mol. The largest absolute Gasteiger partial charge is 0.380 e. The fourth-order valence-electron chi connectivity index (χ4n) is 2.56. The van der Waals surface area contributed by atoms with Crippen LogP contribution in [0.2, 0.25) is 0 Å². The zero-order valence-electron chi connectivity index (χ0n) is 11.8. The van der Waals surface area contributed by atoms with E-state index in [1.807, 2.05) is 0 Å². The zero-order valence-corrected chi connectivity index (χ0v) is 12.6. The number of carbonyl (C=O) groups excluding carboxylic acids is 1. The maximum Gasteiger partial charge on any atom is 0.129 e. The molecular formula is C15H23NO2S. The van der Waals surface area contributed by atoms with E-state index in [-0.39, 0.29) is 5.41 Å². The lowest BCUT2D eigenvalue weighted by molar-refractivity contribution is -0.126. The predicted octanol–water partition coefficient (Wildman–Crippen LogP) is 2.95. The minimum Gasteiger partial charge on any atom is -0.380 e. The van der Waals surface area contributed by atoms with Crippen LogP contribution in [0.4, 0.5) is 0 Å². The van der Waals surface area contributed by atoms with E-state index in [1.54, 1.807) is 11.3 Å². The molecule has 1 fully saturated rings. The van der Waals surface area contributed by atoms with Gasteiger partial charge < -0.3 is 9.53 Å². The van der Waals surface area contributed by atoms with Crippen molar-refractivity contribution in [1.29, 1.82) is 0 Å². The summed E-state index contributed by atoms with van der Waals surface area (Å²) in [6, 6.07) is 4.67. The molecule has 1 aliphatic rings. The highest BCUT2D eigenvalue weighted by molar-refractivity contribution is 7.09. The summed E-state index contributed by atoms with van der Waals surface area (Å²) in [5.74, 6) is 0. The van der Waals surface area contributed by atoms with Gasteiger partial charge >= 0.3 is 0 Å². The van der Waals surface area contributed by atoms with Crippen molar-refractivity contribution in [1.82, 2.24) is 4.90 Å². The van der Waals surface area contributed by atoms with Crippen LogP contribution in [0.15, 0.2) is 17.5 Å². The van der Waals surface area contributed by atoms with Gasteiger partial charge in [-0.05, 0) is 38.1 Å². The van der Waals surface area contributed by atoms with Gasteiger partial charge in [0.15, 0.2) is 0 Å². The molecule has 1 aliphatic heterocycles. The van der Waals surface area contributed by atoms with Gasteiger partial charge in [0.25, 0.3) is 0 Å². The molecule has 0 spiro atoms. The number of hydrogen-bond acceptors (Lipinski definition) is 4. The molecule has 1 atom stereocenters. The van der Waals surface area contributed by atoms with Crippen LogP contribution in [-0.4, -0.2) is 37.0 Å². The number of rotatable bonds is 6. The van der Waals surface area contributed by atoms with E-state index in [0.717, 1.165) is 38.8 Å². The minimum absolute atomic E-state index is 0.306. The molecule has 0 amide bonds. The number of carbonyl (C=O) groups is 1. The van der Waals surface area contributed by atoms with Gasteiger partial charge in [0.05, 0.1) is 12.0 Å². The third-order valence-electron chi connectivity index (χ3n) is 3.79. The average molecular weight is 281 g/mol. The number of ether oxygens (including phenoxy) is 1. The molecule has 0 radical (unpaired) electrons. The van der Waals surface area contributed by atoms with Crippen molar-refractivity contribution in [3.05, 3.63) is 22.4 Å². The van der Waals surface area contributed by atoms with Gasteiger partial charge in [-0.1, -0.05) is 6.07 Å². The molecule has 2 rings (SSSR count). The molecule has 0 bridgehead atoms. The van der Waals surface area contributed by atoms with Crippen molar-refractivity contribution in [3.8, 4) is 0 Å². The molecule has 106 valence electrons. The third-order valence-corrected chi connectivity index (χ3v) is 4.65. The Morgan fingerprint density at radius 3 is 2.95 bits per heavy atom. The molecule has 0 aromatic carbocycles. The Labute approximate surface area is 119 Å². The quantitative estimate of drug-likeness (QED) is 0.751. The van der Waals surface area contributed by atoms with Crippen LogP contribution in [0.5, 0.6) is 0 Å². The maximum absolute atomic E-state index is 11.5. The molecule has 2 heterocycles. The number of thiophene rings is 1. The number of aldehydes is 1. The topological polar surface area (TPSA) is 29.5 Å². The molecule has 1 unspecified atom stereocenters. The summed E-state index contributed by atoms with van der Waals surface area (Å²) in [5.41, 5.74) is -0.306. The van der Waals surface area contributed by atoms with Crippen LogP contribution in [0.25, 0.3) is 0 Å². The Bertz CT molecular complexity index is 383. The van der Waals surface area contributed by atoms with E-state index in [9.17, 15) is 4.79 Å². The smallest absolute Gasteiger partial charge is 0.129 e. The molecule has 1 aromatic heterocycles. The lowest BCUT2D eigenvalue weighted by Crippen LogP contribution is -2.46. The van der Waals surface area contributed by atoms with Crippen molar-refractivity contribution >= 4 is 17.6 Å². The first-order valence-corrected chi connectivity index (χ1v) is 7.84. The number of nitrogens with zero attached hydrogens (tertiary/aromatic N) is 1. The van der Waals surface area contributed by atoms with Gasteiger partial charge in [0.2, 0.25) is 0 Å².